The number of rotatable bonds is 2. The van der Waals surface area contributed by atoms with E-state index in [0.29, 0.717) is 0 Å². The summed E-state index contributed by atoms with van der Waals surface area (Å²) in [7, 11) is 2.05. The van der Waals surface area contributed by atoms with Crippen molar-refractivity contribution in [3.8, 4) is 0 Å². The second kappa shape index (κ2) is 6.11. The average Bonchev–Trinajstić information content (AvgIpc) is 3.12. The molecule has 130 valence electrons. The quantitative estimate of drug-likeness (QED) is 0.844. The molecule has 5 heteroatoms. The molecule has 2 aromatic rings. The first-order valence-corrected chi connectivity index (χ1v) is 8.78. The summed E-state index contributed by atoms with van der Waals surface area (Å²) >= 11 is 0. The first-order valence-electron chi connectivity index (χ1n) is 8.78. The number of hydrogen-bond acceptors (Lipinski definition) is 2. The summed E-state index contributed by atoms with van der Waals surface area (Å²) in [5.74, 6) is 0.105. The summed E-state index contributed by atoms with van der Waals surface area (Å²) in [5, 5.41) is 4.57. The molecule has 3 heterocycles. The second-order valence-electron chi connectivity index (χ2n) is 7.80. The standard InChI is InChI=1S/C19H28N4O/c1-14-15(13-23(20-14)19(2,3)4)18(24)22-12-7-6-9-17(22)16-10-8-11-21(16)5/h8,10-11,13,17H,6-7,9,12H2,1-5H3. The van der Waals surface area contributed by atoms with E-state index >= 15 is 0 Å². The summed E-state index contributed by atoms with van der Waals surface area (Å²) in [6.45, 7) is 9.04. The van der Waals surface area contributed by atoms with Crippen molar-refractivity contribution in [3.05, 3.63) is 41.5 Å². The third-order valence-electron chi connectivity index (χ3n) is 4.91. The van der Waals surface area contributed by atoms with Gasteiger partial charge < -0.3 is 9.47 Å². The van der Waals surface area contributed by atoms with Crippen LogP contribution < -0.4 is 0 Å². The van der Waals surface area contributed by atoms with Crippen LogP contribution in [-0.4, -0.2) is 31.7 Å². The smallest absolute Gasteiger partial charge is 0.257 e. The number of carbonyl (C=O) groups excluding carboxylic acids is 1. The maximum absolute atomic E-state index is 13.2. The zero-order valence-corrected chi connectivity index (χ0v) is 15.4. The van der Waals surface area contributed by atoms with Gasteiger partial charge in [0, 0.05) is 31.7 Å². The predicted molar refractivity (Wildman–Crippen MR) is 95.0 cm³/mol. The highest BCUT2D eigenvalue weighted by atomic mass is 16.2. The van der Waals surface area contributed by atoms with Gasteiger partial charge in [-0.3, -0.25) is 9.48 Å². The first kappa shape index (κ1) is 16.8. The van der Waals surface area contributed by atoms with Crippen LogP contribution in [0.25, 0.3) is 0 Å². The number of hydrogen-bond donors (Lipinski definition) is 0. The molecule has 0 spiro atoms. The van der Waals surface area contributed by atoms with Crippen LogP contribution in [0.1, 0.15) is 67.8 Å². The Kier molecular flexibility index (Phi) is 4.28. The van der Waals surface area contributed by atoms with Crippen LogP contribution in [0.4, 0.5) is 0 Å². The SMILES string of the molecule is Cc1nn(C(C)(C)C)cc1C(=O)N1CCCCC1c1cccn1C. The van der Waals surface area contributed by atoms with Gasteiger partial charge >= 0.3 is 0 Å². The second-order valence-corrected chi connectivity index (χ2v) is 7.80. The van der Waals surface area contributed by atoms with Crippen LogP contribution in [0.3, 0.4) is 0 Å². The molecule has 24 heavy (non-hydrogen) atoms. The van der Waals surface area contributed by atoms with E-state index in [0.717, 1.165) is 30.6 Å². The van der Waals surface area contributed by atoms with Gasteiger partial charge in [-0.1, -0.05) is 0 Å². The van der Waals surface area contributed by atoms with E-state index in [1.165, 1.54) is 12.1 Å². The highest BCUT2D eigenvalue weighted by molar-refractivity contribution is 5.95. The van der Waals surface area contributed by atoms with Gasteiger partial charge in [0.05, 0.1) is 22.8 Å². The van der Waals surface area contributed by atoms with Crippen LogP contribution in [0.15, 0.2) is 24.5 Å². The van der Waals surface area contributed by atoms with Crippen molar-refractivity contribution in [2.75, 3.05) is 6.54 Å². The molecular formula is C19H28N4O. The molecule has 0 radical (unpaired) electrons. The van der Waals surface area contributed by atoms with E-state index in [1.807, 2.05) is 22.7 Å². The predicted octanol–water partition coefficient (Wildman–Crippen LogP) is 3.65. The maximum atomic E-state index is 13.2. The number of likely N-dealkylation sites (tertiary alicyclic amines) is 1. The molecule has 0 bridgehead atoms. The Morgan fingerprint density at radius 3 is 2.62 bits per heavy atom. The van der Waals surface area contributed by atoms with Gasteiger partial charge in [0.2, 0.25) is 0 Å². The Hall–Kier alpha value is -2.04. The molecule has 1 aliphatic rings. The minimum absolute atomic E-state index is 0.105. The van der Waals surface area contributed by atoms with Crippen molar-refractivity contribution in [2.45, 2.75) is 58.5 Å². The number of amides is 1. The Labute approximate surface area is 144 Å². The van der Waals surface area contributed by atoms with Crippen LogP contribution in [0.5, 0.6) is 0 Å². The fraction of sp³-hybridized carbons (Fsp3) is 0.579. The zero-order valence-electron chi connectivity index (χ0n) is 15.4. The Bertz CT molecular complexity index is 735. The van der Waals surface area contributed by atoms with E-state index < -0.39 is 0 Å². The molecular weight excluding hydrogens is 300 g/mol. The van der Waals surface area contributed by atoms with Crippen LogP contribution in [0, 0.1) is 6.92 Å². The largest absolute Gasteiger partial charge is 0.353 e. The van der Waals surface area contributed by atoms with Crippen LogP contribution >= 0.6 is 0 Å². The van der Waals surface area contributed by atoms with E-state index in [9.17, 15) is 4.79 Å². The van der Waals surface area contributed by atoms with Crippen molar-refractivity contribution in [3.63, 3.8) is 0 Å². The lowest BCUT2D eigenvalue weighted by Gasteiger charge is -2.36. The topological polar surface area (TPSA) is 43.1 Å². The van der Waals surface area contributed by atoms with Gasteiger partial charge in [0.1, 0.15) is 0 Å². The van der Waals surface area contributed by atoms with E-state index in [4.69, 9.17) is 0 Å². The summed E-state index contributed by atoms with van der Waals surface area (Å²) in [4.78, 5) is 15.3. The number of aromatic nitrogens is 3. The molecule has 3 rings (SSSR count). The van der Waals surface area contributed by atoms with Crippen molar-refractivity contribution >= 4 is 5.91 Å². The number of carbonyl (C=O) groups is 1. The van der Waals surface area contributed by atoms with Gasteiger partial charge in [-0.2, -0.15) is 5.10 Å². The summed E-state index contributed by atoms with van der Waals surface area (Å²) in [6.07, 6.45) is 7.22. The normalized spacial score (nSPS) is 18.9. The van der Waals surface area contributed by atoms with E-state index in [-0.39, 0.29) is 17.5 Å². The third-order valence-corrected chi connectivity index (χ3v) is 4.91. The summed E-state index contributed by atoms with van der Waals surface area (Å²) < 4.78 is 4.03. The number of aryl methyl sites for hydroxylation is 2. The van der Waals surface area contributed by atoms with Gasteiger partial charge in [0.15, 0.2) is 0 Å². The molecule has 5 nitrogen and oxygen atoms in total. The fourth-order valence-corrected chi connectivity index (χ4v) is 3.47. The molecule has 0 aliphatic carbocycles. The van der Waals surface area contributed by atoms with Gasteiger partial charge in [0.25, 0.3) is 5.91 Å². The summed E-state index contributed by atoms with van der Waals surface area (Å²) in [6, 6.07) is 4.33. The Morgan fingerprint density at radius 1 is 1.29 bits per heavy atom. The molecule has 1 amide bonds. The number of nitrogens with zero attached hydrogens (tertiary/aromatic N) is 4. The lowest BCUT2D eigenvalue weighted by molar-refractivity contribution is 0.0601. The van der Waals surface area contributed by atoms with E-state index in [2.05, 4.69) is 55.8 Å². The van der Waals surface area contributed by atoms with Crippen molar-refractivity contribution in [1.29, 1.82) is 0 Å². The molecule has 0 aromatic carbocycles. The highest BCUT2D eigenvalue weighted by Crippen LogP contribution is 2.32. The molecule has 1 unspecified atom stereocenters. The minimum Gasteiger partial charge on any atom is -0.353 e. The van der Waals surface area contributed by atoms with Gasteiger partial charge in [-0.15, -0.1) is 0 Å². The molecule has 1 aliphatic heterocycles. The molecule has 1 atom stereocenters. The zero-order chi connectivity index (χ0) is 17.5. The third kappa shape index (κ3) is 2.99. The monoisotopic (exact) mass is 328 g/mol. The Balaban J connectivity index is 1.93. The molecule has 2 aromatic heterocycles. The maximum Gasteiger partial charge on any atom is 0.257 e. The van der Waals surface area contributed by atoms with Crippen molar-refractivity contribution in [2.24, 2.45) is 7.05 Å². The van der Waals surface area contributed by atoms with Crippen molar-refractivity contribution in [1.82, 2.24) is 19.2 Å². The lowest BCUT2D eigenvalue weighted by atomic mass is 9.98. The van der Waals surface area contributed by atoms with E-state index in [1.54, 1.807) is 0 Å². The first-order chi connectivity index (χ1) is 11.3. The summed E-state index contributed by atoms with van der Waals surface area (Å²) in [5.41, 5.74) is 2.63. The minimum atomic E-state index is -0.122. The highest BCUT2D eigenvalue weighted by Gasteiger charge is 2.32. The van der Waals surface area contributed by atoms with Gasteiger partial charge in [-0.25, -0.2) is 0 Å². The molecule has 0 saturated carbocycles. The number of piperidine rings is 1. The van der Waals surface area contributed by atoms with Crippen LogP contribution in [0.2, 0.25) is 0 Å². The molecule has 0 N–H and O–H groups in total. The molecule has 1 fully saturated rings. The molecule has 1 saturated heterocycles. The van der Waals surface area contributed by atoms with Gasteiger partial charge in [-0.05, 0) is 59.1 Å². The fourth-order valence-electron chi connectivity index (χ4n) is 3.47. The van der Waals surface area contributed by atoms with Crippen LogP contribution in [-0.2, 0) is 12.6 Å². The Morgan fingerprint density at radius 2 is 2.04 bits per heavy atom. The van der Waals surface area contributed by atoms with Crippen molar-refractivity contribution < 1.29 is 4.79 Å². The lowest BCUT2D eigenvalue weighted by Crippen LogP contribution is -2.39. The average molecular weight is 328 g/mol.